The molecule has 0 spiro atoms. The summed E-state index contributed by atoms with van der Waals surface area (Å²) in [5.41, 5.74) is 0.0222. The molecule has 0 aliphatic heterocycles. The lowest BCUT2D eigenvalue weighted by Gasteiger charge is -2.18. The van der Waals surface area contributed by atoms with Crippen molar-refractivity contribution >= 4 is 17.3 Å². The van der Waals surface area contributed by atoms with Gasteiger partial charge in [-0.2, -0.15) is 0 Å². The summed E-state index contributed by atoms with van der Waals surface area (Å²) < 4.78 is 18.0. The normalized spacial score (nSPS) is 10.1. The van der Waals surface area contributed by atoms with E-state index < -0.39 is 10.7 Å². The molecule has 0 aliphatic rings. The van der Waals surface area contributed by atoms with Gasteiger partial charge in [0.15, 0.2) is 0 Å². The highest BCUT2D eigenvalue weighted by molar-refractivity contribution is 5.70. The zero-order chi connectivity index (χ0) is 14.4. The standard InChI is InChI=1S/C12H15FN2O4/c1-3-19-12(16)4-5-14(2)10-6-9(13)7-11(8-10)15(17)18/h6-8H,3-5H2,1-2H3. The molecular formula is C12H15FN2O4. The summed E-state index contributed by atoms with van der Waals surface area (Å²) in [6.07, 6.45) is 0.134. The molecule has 1 aromatic carbocycles. The van der Waals surface area contributed by atoms with Crippen molar-refractivity contribution in [2.24, 2.45) is 0 Å². The summed E-state index contributed by atoms with van der Waals surface area (Å²) in [6, 6.07) is 3.29. The Morgan fingerprint density at radius 3 is 2.74 bits per heavy atom. The van der Waals surface area contributed by atoms with Gasteiger partial charge in [0.1, 0.15) is 5.82 Å². The second kappa shape index (κ2) is 6.67. The molecule has 0 atom stereocenters. The second-order valence-electron chi connectivity index (χ2n) is 3.90. The van der Waals surface area contributed by atoms with Crippen molar-refractivity contribution in [3.05, 3.63) is 34.1 Å². The van der Waals surface area contributed by atoms with Gasteiger partial charge >= 0.3 is 5.97 Å². The number of nitro benzene ring substituents is 1. The van der Waals surface area contributed by atoms with E-state index in [0.717, 1.165) is 6.07 Å². The fourth-order valence-corrected chi connectivity index (χ4v) is 1.51. The zero-order valence-corrected chi connectivity index (χ0v) is 10.8. The van der Waals surface area contributed by atoms with E-state index in [1.165, 1.54) is 12.1 Å². The highest BCUT2D eigenvalue weighted by Gasteiger charge is 2.13. The number of nitro groups is 1. The maximum atomic E-state index is 13.2. The Labute approximate surface area is 109 Å². The van der Waals surface area contributed by atoms with Crippen LogP contribution in [0.5, 0.6) is 0 Å². The molecule has 0 saturated heterocycles. The van der Waals surface area contributed by atoms with Crippen molar-refractivity contribution in [1.82, 2.24) is 0 Å². The lowest BCUT2D eigenvalue weighted by atomic mass is 10.2. The van der Waals surface area contributed by atoms with E-state index in [2.05, 4.69) is 0 Å². The van der Waals surface area contributed by atoms with Crippen molar-refractivity contribution in [2.45, 2.75) is 13.3 Å². The van der Waals surface area contributed by atoms with Gasteiger partial charge in [-0.1, -0.05) is 0 Å². The van der Waals surface area contributed by atoms with Crippen molar-refractivity contribution in [3.63, 3.8) is 0 Å². The van der Waals surface area contributed by atoms with Crippen LogP contribution in [0.25, 0.3) is 0 Å². The van der Waals surface area contributed by atoms with Crippen LogP contribution in [0.1, 0.15) is 13.3 Å². The quantitative estimate of drug-likeness (QED) is 0.450. The zero-order valence-electron chi connectivity index (χ0n) is 10.8. The minimum atomic E-state index is -0.688. The number of hydrogen-bond acceptors (Lipinski definition) is 5. The predicted molar refractivity (Wildman–Crippen MR) is 67.6 cm³/mol. The topological polar surface area (TPSA) is 72.7 Å². The lowest BCUT2D eigenvalue weighted by molar-refractivity contribution is -0.385. The minimum absolute atomic E-state index is 0.134. The Hall–Kier alpha value is -2.18. The summed E-state index contributed by atoms with van der Waals surface area (Å²) in [4.78, 5) is 22.7. The van der Waals surface area contributed by atoms with Gasteiger partial charge in [-0.05, 0) is 13.0 Å². The first-order valence-electron chi connectivity index (χ1n) is 5.75. The highest BCUT2D eigenvalue weighted by Crippen LogP contribution is 2.22. The molecular weight excluding hydrogens is 255 g/mol. The fraction of sp³-hybridized carbons (Fsp3) is 0.417. The molecule has 0 heterocycles. The number of hydrogen-bond donors (Lipinski definition) is 0. The van der Waals surface area contributed by atoms with Gasteiger partial charge in [0, 0.05) is 25.3 Å². The molecule has 0 aromatic heterocycles. The van der Waals surface area contributed by atoms with Crippen molar-refractivity contribution in [1.29, 1.82) is 0 Å². The van der Waals surface area contributed by atoms with Crippen LogP contribution in [0.15, 0.2) is 18.2 Å². The second-order valence-corrected chi connectivity index (χ2v) is 3.90. The van der Waals surface area contributed by atoms with Crippen LogP contribution in [0, 0.1) is 15.9 Å². The fourth-order valence-electron chi connectivity index (χ4n) is 1.51. The van der Waals surface area contributed by atoms with Crippen molar-refractivity contribution < 1.29 is 18.8 Å². The Morgan fingerprint density at radius 2 is 2.16 bits per heavy atom. The number of carbonyl (C=O) groups is 1. The van der Waals surface area contributed by atoms with E-state index in [1.807, 2.05) is 0 Å². The van der Waals surface area contributed by atoms with Crippen LogP contribution in [0.2, 0.25) is 0 Å². The number of benzene rings is 1. The van der Waals surface area contributed by atoms with E-state index in [-0.39, 0.29) is 18.1 Å². The molecule has 0 amide bonds. The summed E-state index contributed by atoms with van der Waals surface area (Å²) in [6.45, 7) is 2.30. The number of ether oxygens (including phenoxy) is 1. The summed E-state index contributed by atoms with van der Waals surface area (Å²) in [5.74, 6) is -1.05. The van der Waals surface area contributed by atoms with Gasteiger partial charge in [-0.15, -0.1) is 0 Å². The van der Waals surface area contributed by atoms with Gasteiger partial charge in [-0.25, -0.2) is 4.39 Å². The van der Waals surface area contributed by atoms with E-state index in [1.54, 1.807) is 18.9 Å². The number of halogens is 1. The van der Waals surface area contributed by atoms with Crippen LogP contribution in [-0.2, 0) is 9.53 Å². The van der Waals surface area contributed by atoms with Crippen LogP contribution in [0.3, 0.4) is 0 Å². The van der Waals surface area contributed by atoms with Crippen LogP contribution in [-0.4, -0.2) is 31.1 Å². The van der Waals surface area contributed by atoms with Crippen molar-refractivity contribution in [2.75, 3.05) is 25.1 Å². The Kier molecular flexibility index (Phi) is 5.23. The first-order valence-corrected chi connectivity index (χ1v) is 5.75. The molecule has 1 aromatic rings. The predicted octanol–water partition coefficient (Wildman–Crippen LogP) is 2.12. The van der Waals surface area contributed by atoms with E-state index in [9.17, 15) is 19.3 Å². The van der Waals surface area contributed by atoms with Gasteiger partial charge in [-0.3, -0.25) is 14.9 Å². The Morgan fingerprint density at radius 1 is 1.47 bits per heavy atom. The molecule has 7 heteroatoms. The van der Waals surface area contributed by atoms with Crippen LogP contribution >= 0.6 is 0 Å². The van der Waals surface area contributed by atoms with Crippen molar-refractivity contribution in [3.8, 4) is 0 Å². The van der Waals surface area contributed by atoms with Gasteiger partial charge in [0.05, 0.1) is 24.0 Å². The summed E-state index contributed by atoms with van der Waals surface area (Å²) in [5, 5.41) is 10.6. The Bertz CT molecular complexity index is 479. The molecule has 0 unspecified atom stereocenters. The molecule has 0 fully saturated rings. The monoisotopic (exact) mass is 270 g/mol. The van der Waals surface area contributed by atoms with Gasteiger partial charge in [0.25, 0.3) is 5.69 Å². The lowest BCUT2D eigenvalue weighted by Crippen LogP contribution is -2.22. The maximum absolute atomic E-state index is 13.2. The molecule has 0 bridgehead atoms. The van der Waals surface area contributed by atoms with E-state index in [4.69, 9.17) is 4.74 Å². The first kappa shape index (κ1) is 14.9. The van der Waals surface area contributed by atoms with Crippen LogP contribution in [0.4, 0.5) is 15.8 Å². The average molecular weight is 270 g/mol. The number of carbonyl (C=O) groups excluding carboxylic acids is 1. The molecule has 0 aliphatic carbocycles. The van der Waals surface area contributed by atoms with Gasteiger partial charge in [0.2, 0.25) is 0 Å². The minimum Gasteiger partial charge on any atom is -0.466 e. The summed E-state index contributed by atoms with van der Waals surface area (Å²) >= 11 is 0. The van der Waals surface area contributed by atoms with E-state index >= 15 is 0 Å². The van der Waals surface area contributed by atoms with Crippen LogP contribution < -0.4 is 4.90 Å². The smallest absolute Gasteiger partial charge is 0.307 e. The number of nitrogens with zero attached hydrogens (tertiary/aromatic N) is 2. The third-order valence-electron chi connectivity index (χ3n) is 2.48. The average Bonchev–Trinajstić information content (AvgIpc) is 2.35. The number of rotatable bonds is 6. The SMILES string of the molecule is CCOC(=O)CCN(C)c1cc(F)cc([N+](=O)[O-])c1. The summed E-state index contributed by atoms with van der Waals surface area (Å²) in [7, 11) is 1.62. The van der Waals surface area contributed by atoms with E-state index in [0.29, 0.717) is 18.8 Å². The number of esters is 1. The molecule has 0 N–H and O–H groups in total. The molecule has 19 heavy (non-hydrogen) atoms. The number of non-ortho nitro benzene ring substituents is 1. The van der Waals surface area contributed by atoms with Gasteiger partial charge < -0.3 is 9.64 Å². The maximum Gasteiger partial charge on any atom is 0.307 e. The molecule has 0 radical (unpaired) electrons. The largest absolute Gasteiger partial charge is 0.466 e. The molecule has 0 saturated carbocycles. The molecule has 6 nitrogen and oxygen atoms in total. The molecule has 104 valence electrons. The third kappa shape index (κ3) is 4.53. The first-order chi connectivity index (χ1) is 8.93. The highest BCUT2D eigenvalue weighted by atomic mass is 19.1. The third-order valence-corrected chi connectivity index (χ3v) is 2.48. The number of anilines is 1. The molecule has 1 rings (SSSR count). The Balaban J connectivity index is 2.73.